The second-order valence-electron chi connectivity index (χ2n) is 6.21. The minimum absolute atomic E-state index is 0.0912. The van der Waals surface area contributed by atoms with Crippen molar-refractivity contribution >= 4 is 11.9 Å². The quantitative estimate of drug-likeness (QED) is 0.924. The summed E-state index contributed by atoms with van der Waals surface area (Å²) < 4.78 is 27.0. The van der Waals surface area contributed by atoms with Crippen LogP contribution in [0, 0.1) is 17.6 Å². The van der Waals surface area contributed by atoms with E-state index in [1.807, 2.05) is 6.92 Å². The molecular formula is C18H20F2N4O. The van der Waals surface area contributed by atoms with Crippen molar-refractivity contribution in [2.45, 2.75) is 25.8 Å². The average molecular weight is 346 g/mol. The van der Waals surface area contributed by atoms with Gasteiger partial charge in [0.15, 0.2) is 0 Å². The molecule has 1 atom stereocenters. The Kier molecular flexibility index (Phi) is 5.33. The summed E-state index contributed by atoms with van der Waals surface area (Å²) in [5, 5.41) is 2.72. The van der Waals surface area contributed by atoms with Crippen molar-refractivity contribution in [3.63, 3.8) is 0 Å². The van der Waals surface area contributed by atoms with Gasteiger partial charge < -0.3 is 0 Å². The number of nitrogens with zero attached hydrogens (tertiary/aromatic N) is 3. The monoisotopic (exact) mass is 346 g/mol. The van der Waals surface area contributed by atoms with Crippen molar-refractivity contribution in [3.05, 3.63) is 53.9 Å². The van der Waals surface area contributed by atoms with Crippen LogP contribution >= 0.6 is 0 Å². The van der Waals surface area contributed by atoms with E-state index in [0.29, 0.717) is 37.4 Å². The Morgan fingerprint density at radius 3 is 2.56 bits per heavy atom. The molecule has 5 nitrogen and oxygen atoms in total. The predicted octanol–water partition coefficient (Wildman–Crippen LogP) is 3.17. The molecule has 2 aromatic rings. The topological polar surface area (TPSA) is 58.1 Å². The molecule has 2 heterocycles. The molecule has 1 aliphatic rings. The number of carbonyl (C=O) groups is 1. The molecule has 7 heteroatoms. The fourth-order valence-electron chi connectivity index (χ4n) is 3.16. The third kappa shape index (κ3) is 4.17. The molecule has 0 aliphatic carbocycles. The van der Waals surface area contributed by atoms with Gasteiger partial charge in [-0.25, -0.2) is 18.7 Å². The number of rotatable bonds is 4. The van der Waals surface area contributed by atoms with Gasteiger partial charge in [0.2, 0.25) is 11.9 Å². The SMILES string of the molecule is CC(c1ccc(F)cc1F)N1CCC(C(=O)Nc2ncccn2)CC1. The molecule has 1 fully saturated rings. The van der Waals surface area contributed by atoms with Gasteiger partial charge in [-0.05, 0) is 45.0 Å². The number of hydrogen-bond donors (Lipinski definition) is 1. The molecule has 1 aromatic carbocycles. The first-order valence-electron chi connectivity index (χ1n) is 8.31. The molecule has 25 heavy (non-hydrogen) atoms. The number of hydrogen-bond acceptors (Lipinski definition) is 4. The second-order valence-corrected chi connectivity index (χ2v) is 6.21. The molecule has 1 aromatic heterocycles. The van der Waals surface area contributed by atoms with E-state index in [9.17, 15) is 13.6 Å². The van der Waals surface area contributed by atoms with Crippen LogP contribution in [0.4, 0.5) is 14.7 Å². The second kappa shape index (κ2) is 7.65. The van der Waals surface area contributed by atoms with Crippen molar-refractivity contribution < 1.29 is 13.6 Å². The molecule has 1 aliphatic heterocycles. The van der Waals surface area contributed by atoms with Crippen molar-refractivity contribution in [3.8, 4) is 0 Å². The van der Waals surface area contributed by atoms with Gasteiger partial charge in [-0.3, -0.25) is 15.0 Å². The molecule has 1 N–H and O–H groups in total. The molecule has 0 bridgehead atoms. The standard InChI is InChI=1S/C18H20F2N4O/c1-12(15-4-3-14(19)11-16(15)20)24-9-5-13(6-10-24)17(25)23-18-21-7-2-8-22-18/h2-4,7-8,11-13H,5-6,9-10H2,1H3,(H,21,22,23,25). The van der Waals surface area contributed by atoms with E-state index in [0.717, 1.165) is 6.07 Å². The first-order chi connectivity index (χ1) is 12.0. The van der Waals surface area contributed by atoms with Gasteiger partial charge in [0, 0.05) is 36.0 Å². The van der Waals surface area contributed by atoms with Gasteiger partial charge in [-0.2, -0.15) is 0 Å². The van der Waals surface area contributed by atoms with Crippen LogP contribution in [0.25, 0.3) is 0 Å². The summed E-state index contributed by atoms with van der Waals surface area (Å²) in [4.78, 5) is 22.4. The lowest BCUT2D eigenvalue weighted by Gasteiger charge is -2.35. The summed E-state index contributed by atoms with van der Waals surface area (Å²) >= 11 is 0. The fourth-order valence-corrected chi connectivity index (χ4v) is 3.16. The zero-order valence-electron chi connectivity index (χ0n) is 14.0. The van der Waals surface area contributed by atoms with Gasteiger partial charge >= 0.3 is 0 Å². The van der Waals surface area contributed by atoms with E-state index in [4.69, 9.17) is 0 Å². The zero-order valence-corrected chi connectivity index (χ0v) is 14.0. The van der Waals surface area contributed by atoms with Crippen LogP contribution < -0.4 is 5.32 Å². The predicted molar refractivity (Wildman–Crippen MR) is 89.7 cm³/mol. The zero-order chi connectivity index (χ0) is 17.8. The molecule has 1 unspecified atom stereocenters. The molecule has 1 amide bonds. The van der Waals surface area contributed by atoms with E-state index in [-0.39, 0.29) is 17.9 Å². The molecule has 0 radical (unpaired) electrons. The average Bonchev–Trinajstić information content (AvgIpc) is 2.62. The maximum Gasteiger partial charge on any atom is 0.229 e. The lowest BCUT2D eigenvalue weighted by Crippen LogP contribution is -2.39. The number of piperidine rings is 1. The van der Waals surface area contributed by atoms with Gasteiger partial charge in [-0.1, -0.05) is 6.07 Å². The number of likely N-dealkylation sites (tertiary alicyclic amines) is 1. The van der Waals surface area contributed by atoms with Gasteiger partial charge in [-0.15, -0.1) is 0 Å². The number of halogens is 2. The lowest BCUT2D eigenvalue weighted by molar-refractivity contribution is -0.121. The van der Waals surface area contributed by atoms with Crippen LogP contribution in [0.2, 0.25) is 0 Å². The summed E-state index contributed by atoms with van der Waals surface area (Å²) in [5.74, 6) is -1.02. The molecule has 0 spiro atoms. The molecule has 132 valence electrons. The number of nitrogens with one attached hydrogen (secondary N) is 1. The summed E-state index contributed by atoms with van der Waals surface area (Å²) in [6, 6.07) is 5.19. The summed E-state index contributed by atoms with van der Waals surface area (Å²) in [7, 11) is 0. The molecule has 1 saturated heterocycles. The number of anilines is 1. The minimum Gasteiger partial charge on any atom is -0.296 e. The molecule has 0 saturated carbocycles. The summed E-state index contributed by atoms with van der Waals surface area (Å²) in [5.41, 5.74) is 0.474. The molecule has 3 rings (SSSR count). The fraction of sp³-hybridized carbons (Fsp3) is 0.389. The Labute approximate surface area is 145 Å². The maximum absolute atomic E-state index is 14.0. The van der Waals surface area contributed by atoms with E-state index < -0.39 is 11.6 Å². The maximum atomic E-state index is 14.0. The van der Waals surface area contributed by atoms with Crippen molar-refractivity contribution in [2.75, 3.05) is 18.4 Å². The van der Waals surface area contributed by atoms with E-state index in [1.54, 1.807) is 18.5 Å². The largest absolute Gasteiger partial charge is 0.296 e. The Balaban J connectivity index is 1.57. The minimum atomic E-state index is -0.577. The Morgan fingerprint density at radius 1 is 1.24 bits per heavy atom. The highest BCUT2D eigenvalue weighted by atomic mass is 19.1. The highest BCUT2D eigenvalue weighted by Crippen LogP contribution is 2.28. The normalized spacial score (nSPS) is 17.2. The Hall–Kier alpha value is -2.41. The van der Waals surface area contributed by atoms with Crippen LogP contribution in [0.5, 0.6) is 0 Å². The highest BCUT2D eigenvalue weighted by Gasteiger charge is 2.29. The van der Waals surface area contributed by atoms with Crippen LogP contribution in [-0.4, -0.2) is 33.9 Å². The Bertz CT molecular complexity index is 733. The van der Waals surface area contributed by atoms with Crippen LogP contribution in [0.15, 0.2) is 36.7 Å². The van der Waals surface area contributed by atoms with E-state index in [1.165, 1.54) is 12.1 Å². The first kappa shape index (κ1) is 17.4. The number of carbonyl (C=O) groups excluding carboxylic acids is 1. The van der Waals surface area contributed by atoms with Gasteiger partial charge in [0.1, 0.15) is 11.6 Å². The van der Waals surface area contributed by atoms with E-state index in [2.05, 4.69) is 20.2 Å². The van der Waals surface area contributed by atoms with E-state index >= 15 is 0 Å². The highest BCUT2D eigenvalue weighted by molar-refractivity contribution is 5.90. The first-order valence-corrected chi connectivity index (χ1v) is 8.31. The lowest BCUT2D eigenvalue weighted by atomic mass is 9.93. The summed E-state index contributed by atoms with van der Waals surface area (Å²) in [6.45, 7) is 3.24. The number of aromatic nitrogens is 2. The molecular weight excluding hydrogens is 326 g/mol. The third-order valence-corrected chi connectivity index (χ3v) is 4.66. The third-order valence-electron chi connectivity index (χ3n) is 4.66. The van der Waals surface area contributed by atoms with Crippen molar-refractivity contribution in [1.29, 1.82) is 0 Å². The van der Waals surface area contributed by atoms with Crippen LogP contribution in [0.1, 0.15) is 31.4 Å². The van der Waals surface area contributed by atoms with Gasteiger partial charge in [0.25, 0.3) is 0 Å². The number of benzene rings is 1. The van der Waals surface area contributed by atoms with Crippen molar-refractivity contribution in [1.82, 2.24) is 14.9 Å². The van der Waals surface area contributed by atoms with Crippen LogP contribution in [-0.2, 0) is 4.79 Å². The van der Waals surface area contributed by atoms with Gasteiger partial charge in [0.05, 0.1) is 0 Å². The van der Waals surface area contributed by atoms with Crippen LogP contribution in [0.3, 0.4) is 0 Å². The summed E-state index contributed by atoms with van der Waals surface area (Å²) in [6.07, 6.45) is 4.49. The number of amides is 1. The Morgan fingerprint density at radius 2 is 1.92 bits per heavy atom. The smallest absolute Gasteiger partial charge is 0.229 e. The van der Waals surface area contributed by atoms with Crippen molar-refractivity contribution in [2.24, 2.45) is 5.92 Å².